The summed E-state index contributed by atoms with van der Waals surface area (Å²) in [6.45, 7) is 6.67. The van der Waals surface area contributed by atoms with Crippen LogP contribution in [-0.4, -0.2) is 21.7 Å². The van der Waals surface area contributed by atoms with Gasteiger partial charge in [0, 0.05) is 6.54 Å². The molecule has 0 bridgehead atoms. The van der Waals surface area contributed by atoms with Gasteiger partial charge < -0.3 is 0 Å². The van der Waals surface area contributed by atoms with Crippen LogP contribution in [0.3, 0.4) is 0 Å². The number of thioether (sulfide) groups is 1. The molecule has 0 saturated carbocycles. The highest BCUT2D eigenvalue weighted by Crippen LogP contribution is 2.32. The van der Waals surface area contributed by atoms with Crippen LogP contribution in [0.15, 0.2) is 23.1 Å². The van der Waals surface area contributed by atoms with E-state index in [2.05, 4.69) is 18.2 Å². The standard InChI is InChI=1S/C14H15NOS2/c1-4-15-13(16)12(18-14(15)17)8-11-7-9(2)5-6-10(11)3/h5-8H,4H2,1-3H3. The molecule has 94 valence electrons. The molecule has 1 aliphatic heterocycles. The van der Waals surface area contributed by atoms with E-state index in [4.69, 9.17) is 12.2 Å². The molecule has 1 heterocycles. The number of aryl methyl sites for hydroxylation is 2. The monoisotopic (exact) mass is 277 g/mol. The molecule has 0 N–H and O–H groups in total. The Morgan fingerprint density at radius 2 is 2.11 bits per heavy atom. The van der Waals surface area contributed by atoms with Crippen LogP contribution in [0, 0.1) is 13.8 Å². The number of hydrogen-bond donors (Lipinski definition) is 0. The number of thiocarbonyl (C=S) groups is 1. The first-order valence-electron chi connectivity index (χ1n) is 5.85. The SMILES string of the molecule is CCN1C(=O)C(=Cc2cc(C)ccc2C)SC1=S. The fourth-order valence-electron chi connectivity index (χ4n) is 1.83. The van der Waals surface area contributed by atoms with E-state index >= 15 is 0 Å². The maximum Gasteiger partial charge on any atom is 0.266 e. The Bertz CT molecular complexity index is 549. The van der Waals surface area contributed by atoms with Crippen molar-refractivity contribution in [3.8, 4) is 0 Å². The van der Waals surface area contributed by atoms with Crippen LogP contribution in [0.4, 0.5) is 0 Å². The zero-order chi connectivity index (χ0) is 13.3. The lowest BCUT2D eigenvalue weighted by Crippen LogP contribution is -2.27. The molecular weight excluding hydrogens is 262 g/mol. The summed E-state index contributed by atoms with van der Waals surface area (Å²) in [5, 5.41) is 0. The number of rotatable bonds is 2. The quantitative estimate of drug-likeness (QED) is 0.609. The molecule has 4 heteroatoms. The maximum absolute atomic E-state index is 12.1. The number of carbonyl (C=O) groups is 1. The van der Waals surface area contributed by atoms with E-state index in [-0.39, 0.29) is 5.91 Å². The average Bonchev–Trinajstić information content (AvgIpc) is 2.59. The van der Waals surface area contributed by atoms with Gasteiger partial charge in [0.15, 0.2) is 0 Å². The van der Waals surface area contributed by atoms with Crippen molar-refractivity contribution in [2.75, 3.05) is 6.54 Å². The van der Waals surface area contributed by atoms with Gasteiger partial charge in [0.25, 0.3) is 5.91 Å². The summed E-state index contributed by atoms with van der Waals surface area (Å²) in [5.74, 6) is 0.0217. The maximum atomic E-state index is 12.1. The number of benzene rings is 1. The van der Waals surface area contributed by atoms with E-state index in [0.29, 0.717) is 10.9 Å². The smallest absolute Gasteiger partial charge is 0.266 e. The van der Waals surface area contributed by atoms with Gasteiger partial charge in [-0.05, 0) is 38.0 Å². The van der Waals surface area contributed by atoms with Gasteiger partial charge in [0.1, 0.15) is 4.32 Å². The molecular formula is C14H15NOS2. The first kappa shape index (κ1) is 13.3. The highest BCUT2D eigenvalue weighted by molar-refractivity contribution is 8.26. The van der Waals surface area contributed by atoms with E-state index in [1.54, 1.807) is 4.90 Å². The van der Waals surface area contributed by atoms with Gasteiger partial charge in [-0.3, -0.25) is 9.69 Å². The summed E-state index contributed by atoms with van der Waals surface area (Å²) < 4.78 is 0.652. The number of hydrogen-bond acceptors (Lipinski definition) is 3. The Kier molecular flexibility index (Phi) is 3.88. The fraction of sp³-hybridized carbons (Fsp3) is 0.286. The number of likely N-dealkylation sites (N-methyl/N-ethyl adjacent to an activating group) is 1. The second-order valence-corrected chi connectivity index (χ2v) is 5.96. The summed E-state index contributed by atoms with van der Waals surface area (Å²) in [4.78, 5) is 14.5. The third kappa shape index (κ3) is 2.49. The molecule has 2 rings (SSSR count). The van der Waals surface area contributed by atoms with Crippen LogP contribution in [0.5, 0.6) is 0 Å². The molecule has 18 heavy (non-hydrogen) atoms. The van der Waals surface area contributed by atoms with Crippen LogP contribution in [-0.2, 0) is 4.79 Å². The first-order chi connectivity index (χ1) is 8.52. The van der Waals surface area contributed by atoms with Crippen molar-refractivity contribution in [1.82, 2.24) is 4.90 Å². The Morgan fingerprint density at radius 1 is 1.39 bits per heavy atom. The van der Waals surface area contributed by atoms with Crippen molar-refractivity contribution in [2.24, 2.45) is 0 Å². The van der Waals surface area contributed by atoms with Gasteiger partial charge in [-0.15, -0.1) is 0 Å². The molecule has 2 nitrogen and oxygen atoms in total. The summed E-state index contributed by atoms with van der Waals surface area (Å²) in [6, 6.07) is 6.24. The molecule has 1 amide bonds. The molecule has 0 radical (unpaired) electrons. The van der Waals surface area contributed by atoms with E-state index in [9.17, 15) is 4.79 Å². The van der Waals surface area contributed by atoms with E-state index in [0.717, 1.165) is 10.5 Å². The third-order valence-electron chi connectivity index (χ3n) is 2.91. The largest absolute Gasteiger partial charge is 0.293 e. The zero-order valence-corrected chi connectivity index (χ0v) is 12.3. The minimum absolute atomic E-state index is 0.0217. The van der Waals surface area contributed by atoms with Crippen LogP contribution in [0.2, 0.25) is 0 Å². The third-order valence-corrected chi connectivity index (χ3v) is 4.29. The van der Waals surface area contributed by atoms with Gasteiger partial charge in [-0.25, -0.2) is 0 Å². The predicted octanol–water partition coefficient (Wildman–Crippen LogP) is 3.52. The van der Waals surface area contributed by atoms with Crippen molar-refractivity contribution in [2.45, 2.75) is 20.8 Å². The average molecular weight is 277 g/mol. The number of nitrogens with zero attached hydrogens (tertiary/aromatic N) is 1. The zero-order valence-electron chi connectivity index (χ0n) is 10.7. The fourth-order valence-corrected chi connectivity index (χ4v) is 3.20. The Morgan fingerprint density at radius 3 is 2.72 bits per heavy atom. The lowest BCUT2D eigenvalue weighted by molar-refractivity contribution is -0.121. The van der Waals surface area contributed by atoms with Crippen molar-refractivity contribution in [3.05, 3.63) is 39.8 Å². The van der Waals surface area contributed by atoms with E-state index in [1.807, 2.05) is 26.8 Å². The van der Waals surface area contributed by atoms with Crippen molar-refractivity contribution >= 4 is 40.3 Å². The molecule has 1 saturated heterocycles. The highest BCUT2D eigenvalue weighted by atomic mass is 32.2. The van der Waals surface area contributed by atoms with Crippen molar-refractivity contribution < 1.29 is 4.79 Å². The molecule has 1 fully saturated rings. The highest BCUT2D eigenvalue weighted by Gasteiger charge is 2.30. The molecule has 0 atom stereocenters. The predicted molar refractivity (Wildman–Crippen MR) is 81.5 cm³/mol. The first-order valence-corrected chi connectivity index (χ1v) is 7.08. The van der Waals surface area contributed by atoms with Gasteiger partial charge >= 0.3 is 0 Å². The molecule has 1 aromatic carbocycles. The summed E-state index contributed by atoms with van der Waals surface area (Å²) in [5.41, 5.74) is 3.45. The minimum Gasteiger partial charge on any atom is -0.293 e. The molecule has 0 spiro atoms. The molecule has 0 aliphatic carbocycles. The Labute approximate surface area is 117 Å². The minimum atomic E-state index is 0.0217. The molecule has 0 aromatic heterocycles. The van der Waals surface area contributed by atoms with Gasteiger partial charge in [0.2, 0.25) is 0 Å². The van der Waals surface area contributed by atoms with Crippen LogP contribution >= 0.6 is 24.0 Å². The van der Waals surface area contributed by atoms with Crippen LogP contribution < -0.4 is 0 Å². The topological polar surface area (TPSA) is 20.3 Å². The van der Waals surface area contributed by atoms with Gasteiger partial charge in [-0.1, -0.05) is 47.7 Å². The van der Waals surface area contributed by atoms with Gasteiger partial charge in [0.05, 0.1) is 4.91 Å². The van der Waals surface area contributed by atoms with Crippen molar-refractivity contribution in [3.63, 3.8) is 0 Å². The second kappa shape index (κ2) is 5.24. The Balaban J connectivity index is 2.38. The normalized spacial score (nSPS) is 17.9. The van der Waals surface area contributed by atoms with Crippen LogP contribution in [0.25, 0.3) is 6.08 Å². The summed E-state index contributed by atoms with van der Waals surface area (Å²) in [6.07, 6.45) is 1.94. The van der Waals surface area contributed by atoms with E-state index < -0.39 is 0 Å². The number of carbonyl (C=O) groups excluding carboxylic acids is 1. The van der Waals surface area contributed by atoms with Crippen molar-refractivity contribution in [1.29, 1.82) is 0 Å². The number of amides is 1. The lowest BCUT2D eigenvalue weighted by Gasteiger charge is -2.09. The second-order valence-electron chi connectivity index (χ2n) is 4.29. The van der Waals surface area contributed by atoms with Gasteiger partial charge in [-0.2, -0.15) is 0 Å². The summed E-state index contributed by atoms with van der Waals surface area (Å²) >= 11 is 6.58. The molecule has 1 aromatic rings. The lowest BCUT2D eigenvalue weighted by atomic mass is 10.1. The molecule has 1 aliphatic rings. The van der Waals surface area contributed by atoms with E-state index in [1.165, 1.54) is 22.9 Å². The Hall–Kier alpha value is -1.13. The molecule has 0 unspecified atom stereocenters. The van der Waals surface area contributed by atoms with Crippen LogP contribution in [0.1, 0.15) is 23.6 Å². The summed E-state index contributed by atoms with van der Waals surface area (Å²) in [7, 11) is 0.